The molecule has 1 aromatic rings. The largest absolute Gasteiger partial charge is 0.378 e. The fourth-order valence-corrected chi connectivity index (χ4v) is 3.89. The van der Waals surface area contributed by atoms with Crippen molar-refractivity contribution in [3.63, 3.8) is 0 Å². The second-order valence-electron chi connectivity index (χ2n) is 7.53. The lowest BCUT2D eigenvalue weighted by Crippen LogP contribution is -2.43. The molecule has 1 aromatic carbocycles. The number of allylic oxidation sites excluding steroid dienone is 1. The molecule has 6 heteroatoms. The highest BCUT2D eigenvalue weighted by Crippen LogP contribution is 2.22. The zero-order valence-electron chi connectivity index (χ0n) is 17.3. The summed E-state index contributed by atoms with van der Waals surface area (Å²) in [5.41, 5.74) is 3.22. The van der Waals surface area contributed by atoms with Gasteiger partial charge in [-0.05, 0) is 61.7 Å². The van der Waals surface area contributed by atoms with Gasteiger partial charge in [-0.25, -0.2) is 4.39 Å². The van der Waals surface area contributed by atoms with Crippen molar-refractivity contribution in [2.45, 2.75) is 38.5 Å². The Labute approximate surface area is 182 Å². The first kappa shape index (κ1) is 23.8. The van der Waals surface area contributed by atoms with Crippen LogP contribution in [0.25, 0.3) is 0 Å². The van der Waals surface area contributed by atoms with Gasteiger partial charge in [-0.2, -0.15) is 0 Å². The Kier molecular flexibility index (Phi) is 10.1. The van der Waals surface area contributed by atoms with Crippen molar-refractivity contribution in [3.8, 4) is 0 Å². The topological polar surface area (TPSA) is 38.7 Å². The quantitative estimate of drug-likeness (QED) is 0.293. The standard InChI is InChI=1S/C23H33BrFN3O/c1-4-28(19(3)15-18(2)17-26-23(29)16-24)22-10-13-27(14-11-22)12-9-20-5-7-21(25)8-6-20/h4-8,15,22-23,26,29H,1-2,9-14,16-17H2,3H3/b19-15+. The first-order valence-corrected chi connectivity index (χ1v) is 11.3. The van der Waals surface area contributed by atoms with Crippen molar-refractivity contribution in [2.24, 2.45) is 0 Å². The zero-order valence-corrected chi connectivity index (χ0v) is 18.9. The van der Waals surface area contributed by atoms with Crippen LogP contribution in [0.5, 0.6) is 0 Å². The number of aliphatic hydroxyl groups excluding tert-OH is 1. The van der Waals surface area contributed by atoms with E-state index in [2.05, 4.69) is 57.2 Å². The molecule has 0 saturated carbocycles. The second-order valence-corrected chi connectivity index (χ2v) is 8.18. The van der Waals surface area contributed by atoms with Crippen molar-refractivity contribution >= 4 is 15.9 Å². The van der Waals surface area contributed by atoms with Gasteiger partial charge >= 0.3 is 0 Å². The Morgan fingerprint density at radius 1 is 1.38 bits per heavy atom. The highest BCUT2D eigenvalue weighted by atomic mass is 79.9. The van der Waals surface area contributed by atoms with Crippen LogP contribution in [-0.2, 0) is 6.42 Å². The number of benzene rings is 1. The number of hydrogen-bond acceptors (Lipinski definition) is 4. The summed E-state index contributed by atoms with van der Waals surface area (Å²) in [6, 6.07) is 7.23. The molecule has 0 bridgehead atoms. The Balaban J connectivity index is 1.80. The Morgan fingerprint density at radius 2 is 2.03 bits per heavy atom. The fourth-order valence-electron chi connectivity index (χ4n) is 3.66. The van der Waals surface area contributed by atoms with Gasteiger partial charge in [0.1, 0.15) is 12.0 Å². The summed E-state index contributed by atoms with van der Waals surface area (Å²) in [5.74, 6) is -0.180. The van der Waals surface area contributed by atoms with Crippen LogP contribution in [0.15, 0.2) is 61.0 Å². The molecule has 1 unspecified atom stereocenters. The van der Waals surface area contributed by atoms with Gasteiger partial charge in [0, 0.05) is 43.2 Å². The highest BCUT2D eigenvalue weighted by molar-refractivity contribution is 9.09. The van der Waals surface area contributed by atoms with E-state index in [0.717, 1.165) is 50.2 Å². The summed E-state index contributed by atoms with van der Waals surface area (Å²) in [4.78, 5) is 4.72. The van der Waals surface area contributed by atoms with E-state index in [1.807, 2.05) is 18.3 Å². The number of piperidine rings is 1. The van der Waals surface area contributed by atoms with E-state index in [9.17, 15) is 9.50 Å². The first-order chi connectivity index (χ1) is 13.9. The van der Waals surface area contributed by atoms with Gasteiger partial charge in [-0.1, -0.05) is 41.2 Å². The molecule has 29 heavy (non-hydrogen) atoms. The second kappa shape index (κ2) is 12.3. The van der Waals surface area contributed by atoms with Gasteiger partial charge in [0.25, 0.3) is 0 Å². The lowest BCUT2D eigenvalue weighted by atomic mass is 10.0. The number of rotatable bonds is 11. The van der Waals surface area contributed by atoms with E-state index < -0.39 is 6.23 Å². The lowest BCUT2D eigenvalue weighted by Gasteiger charge is -2.38. The van der Waals surface area contributed by atoms with Crippen molar-refractivity contribution in [3.05, 3.63) is 72.4 Å². The molecule has 2 N–H and O–H groups in total. The number of alkyl halides is 1. The maximum Gasteiger partial charge on any atom is 0.123 e. The van der Waals surface area contributed by atoms with Crippen LogP contribution in [0.4, 0.5) is 4.39 Å². The number of halogens is 2. The van der Waals surface area contributed by atoms with Gasteiger partial charge in [0.2, 0.25) is 0 Å². The molecule has 1 saturated heterocycles. The predicted octanol–water partition coefficient (Wildman–Crippen LogP) is 4.04. The van der Waals surface area contributed by atoms with Crippen LogP contribution in [0.1, 0.15) is 25.3 Å². The average Bonchev–Trinajstić information content (AvgIpc) is 2.73. The molecule has 160 valence electrons. The molecule has 0 aromatic heterocycles. The Hall–Kier alpha value is -1.47. The molecule has 0 amide bonds. The van der Waals surface area contributed by atoms with E-state index in [1.54, 1.807) is 0 Å². The zero-order chi connectivity index (χ0) is 21.2. The van der Waals surface area contributed by atoms with Crippen molar-refractivity contribution in [2.75, 3.05) is 31.5 Å². The summed E-state index contributed by atoms with van der Waals surface area (Å²) in [7, 11) is 0. The van der Waals surface area contributed by atoms with Gasteiger partial charge in [0.15, 0.2) is 0 Å². The van der Waals surface area contributed by atoms with E-state index in [1.165, 1.54) is 17.7 Å². The van der Waals surface area contributed by atoms with Crippen molar-refractivity contribution in [1.29, 1.82) is 0 Å². The minimum Gasteiger partial charge on any atom is -0.378 e. The molecule has 0 aliphatic carbocycles. The van der Waals surface area contributed by atoms with E-state index in [4.69, 9.17) is 0 Å². The molecule has 0 radical (unpaired) electrons. The molecule has 4 nitrogen and oxygen atoms in total. The van der Waals surface area contributed by atoms with Crippen LogP contribution in [0.2, 0.25) is 0 Å². The minimum atomic E-state index is -0.574. The van der Waals surface area contributed by atoms with Crippen molar-refractivity contribution < 1.29 is 9.50 Å². The van der Waals surface area contributed by atoms with E-state index >= 15 is 0 Å². The molecule has 1 heterocycles. The number of aliphatic hydroxyl groups is 1. The van der Waals surface area contributed by atoms with Crippen LogP contribution in [0, 0.1) is 5.82 Å². The summed E-state index contributed by atoms with van der Waals surface area (Å²) in [6.07, 6.45) is 6.48. The van der Waals surface area contributed by atoms with Crippen LogP contribution < -0.4 is 5.32 Å². The summed E-state index contributed by atoms with van der Waals surface area (Å²) >= 11 is 3.24. The van der Waals surface area contributed by atoms with Gasteiger partial charge in [-0.3, -0.25) is 5.32 Å². The molecule has 1 atom stereocenters. The molecular weight excluding hydrogens is 433 g/mol. The SMILES string of the molecule is C=CN(/C(C)=C/C(=C)CNC(O)CBr)C1CCN(CCc2ccc(F)cc2)CC1. The Morgan fingerprint density at radius 3 is 2.62 bits per heavy atom. The smallest absolute Gasteiger partial charge is 0.123 e. The predicted molar refractivity (Wildman–Crippen MR) is 122 cm³/mol. The van der Waals surface area contributed by atoms with E-state index in [-0.39, 0.29) is 5.82 Å². The van der Waals surface area contributed by atoms with Crippen LogP contribution in [-0.4, -0.2) is 58.7 Å². The Bertz CT molecular complexity index is 684. The number of nitrogens with zero attached hydrogens (tertiary/aromatic N) is 2. The summed E-state index contributed by atoms with van der Waals surface area (Å²) in [6.45, 7) is 13.8. The first-order valence-electron chi connectivity index (χ1n) is 10.1. The number of hydrogen-bond donors (Lipinski definition) is 2. The van der Waals surface area contributed by atoms with Gasteiger partial charge in [-0.15, -0.1) is 0 Å². The molecule has 0 spiro atoms. The van der Waals surface area contributed by atoms with E-state index in [0.29, 0.717) is 17.9 Å². The maximum atomic E-state index is 13.0. The normalized spacial score (nSPS) is 17.2. The molecular formula is C23H33BrFN3O. The molecule has 1 aliphatic rings. The molecule has 1 aliphatic heterocycles. The monoisotopic (exact) mass is 465 g/mol. The van der Waals surface area contributed by atoms with Crippen LogP contribution in [0.3, 0.4) is 0 Å². The van der Waals surface area contributed by atoms with Crippen molar-refractivity contribution in [1.82, 2.24) is 15.1 Å². The van der Waals surface area contributed by atoms with Crippen LogP contribution >= 0.6 is 15.9 Å². The summed E-state index contributed by atoms with van der Waals surface area (Å²) < 4.78 is 13.0. The number of nitrogens with one attached hydrogen (secondary N) is 1. The fraction of sp³-hybridized carbons (Fsp3) is 0.478. The third kappa shape index (κ3) is 8.05. The maximum absolute atomic E-state index is 13.0. The third-order valence-electron chi connectivity index (χ3n) is 5.31. The molecule has 2 rings (SSSR count). The number of likely N-dealkylation sites (tertiary alicyclic amines) is 1. The molecule has 1 fully saturated rings. The minimum absolute atomic E-state index is 0.180. The average molecular weight is 466 g/mol. The van der Waals surface area contributed by atoms with Gasteiger partial charge < -0.3 is 14.9 Å². The lowest BCUT2D eigenvalue weighted by molar-refractivity contribution is 0.160. The third-order valence-corrected chi connectivity index (χ3v) is 5.92. The van der Waals surface area contributed by atoms with Gasteiger partial charge in [0.05, 0.1) is 0 Å². The summed E-state index contributed by atoms with van der Waals surface area (Å²) in [5, 5.41) is 13.1. The highest BCUT2D eigenvalue weighted by Gasteiger charge is 2.23.